The summed E-state index contributed by atoms with van der Waals surface area (Å²) in [5.74, 6) is 0.384. The van der Waals surface area contributed by atoms with Gasteiger partial charge in [-0.2, -0.15) is 13.2 Å². The second-order valence-electron chi connectivity index (χ2n) is 7.28. The van der Waals surface area contributed by atoms with Crippen molar-refractivity contribution in [2.45, 2.75) is 37.9 Å². The molecule has 2 aliphatic carbocycles. The molecule has 1 aromatic heterocycles. The van der Waals surface area contributed by atoms with Crippen molar-refractivity contribution in [2.24, 2.45) is 11.8 Å². The molecule has 3 aliphatic rings. The highest BCUT2D eigenvalue weighted by molar-refractivity contribution is 5.95. The molecule has 1 aromatic rings. The Hall–Kier alpha value is -1.90. The topological polar surface area (TPSA) is 67.4 Å². The van der Waals surface area contributed by atoms with Crippen LogP contribution in [0.3, 0.4) is 0 Å². The van der Waals surface area contributed by atoms with Crippen molar-refractivity contribution in [3.63, 3.8) is 0 Å². The van der Waals surface area contributed by atoms with Crippen molar-refractivity contribution in [1.82, 2.24) is 14.9 Å². The lowest BCUT2D eigenvalue weighted by Gasteiger charge is -2.28. The molecule has 2 heterocycles. The minimum absolute atomic E-state index is 0.0478. The molecule has 0 unspecified atom stereocenters. The molecule has 142 valence electrons. The van der Waals surface area contributed by atoms with E-state index >= 15 is 0 Å². The second-order valence-corrected chi connectivity index (χ2v) is 7.28. The molecule has 3 atom stereocenters. The molecule has 2 bridgehead atoms. The summed E-state index contributed by atoms with van der Waals surface area (Å²) in [6.45, 7) is 1.16. The van der Waals surface area contributed by atoms with Crippen LogP contribution in [0.4, 0.5) is 19.1 Å². The van der Waals surface area contributed by atoms with E-state index in [1.54, 1.807) is 0 Å². The highest BCUT2D eigenvalue weighted by Crippen LogP contribution is 2.45. The lowest BCUT2D eigenvalue weighted by Crippen LogP contribution is -2.41. The lowest BCUT2D eigenvalue weighted by molar-refractivity contribution is -0.141. The van der Waals surface area contributed by atoms with Crippen LogP contribution in [0.1, 0.15) is 41.7 Å². The molecular weight excluding hydrogens is 349 g/mol. The maximum absolute atomic E-state index is 13.5. The quantitative estimate of drug-likeness (QED) is 0.886. The average Bonchev–Trinajstić information content (AvgIpc) is 3.24. The molecule has 1 saturated heterocycles. The molecule has 26 heavy (non-hydrogen) atoms. The number of ether oxygens (including phenoxy) is 1. The van der Waals surface area contributed by atoms with Crippen molar-refractivity contribution in [3.8, 4) is 0 Å². The number of alkyl halides is 3. The molecule has 4 rings (SSSR count). The van der Waals surface area contributed by atoms with E-state index in [0.717, 1.165) is 25.5 Å². The highest BCUT2D eigenvalue weighted by Gasteiger charge is 2.42. The average molecular weight is 370 g/mol. The number of nitrogens with zero attached hydrogens (tertiary/aromatic N) is 3. The number of rotatable bonds is 3. The SMILES string of the molecule is O=C(c1cnc(N[C@@H]2C[C@@H]3CC[C@@H]2C3)nc1C(F)(F)F)N1CCOCC1. The van der Waals surface area contributed by atoms with Crippen molar-refractivity contribution in [3.05, 3.63) is 17.5 Å². The predicted molar refractivity (Wildman–Crippen MR) is 86.6 cm³/mol. The number of hydrogen-bond acceptors (Lipinski definition) is 5. The number of hydrogen-bond donors (Lipinski definition) is 1. The van der Waals surface area contributed by atoms with Gasteiger partial charge in [-0.25, -0.2) is 9.97 Å². The fourth-order valence-corrected chi connectivity index (χ4v) is 4.35. The van der Waals surface area contributed by atoms with Crippen LogP contribution in [0.2, 0.25) is 0 Å². The third kappa shape index (κ3) is 3.36. The van der Waals surface area contributed by atoms with Gasteiger partial charge < -0.3 is 15.0 Å². The van der Waals surface area contributed by atoms with Crippen molar-refractivity contribution >= 4 is 11.9 Å². The number of amides is 1. The third-order valence-electron chi connectivity index (χ3n) is 5.64. The standard InChI is InChI=1S/C17H21F3N4O2/c18-17(19,20)14-12(15(25)24-3-5-26-6-4-24)9-21-16(23-14)22-13-8-10-1-2-11(13)7-10/h9-11,13H,1-8H2,(H,21,22,23)/t10-,11-,13-/m1/s1. The van der Waals surface area contributed by atoms with E-state index in [1.165, 1.54) is 11.3 Å². The van der Waals surface area contributed by atoms with Gasteiger partial charge in [0.2, 0.25) is 5.95 Å². The largest absolute Gasteiger partial charge is 0.434 e. The Bertz CT molecular complexity index is 691. The first-order chi connectivity index (χ1) is 12.4. The van der Waals surface area contributed by atoms with Gasteiger partial charge in [-0.3, -0.25) is 4.79 Å². The zero-order valence-corrected chi connectivity index (χ0v) is 14.3. The van der Waals surface area contributed by atoms with Gasteiger partial charge in [0.25, 0.3) is 5.91 Å². The van der Waals surface area contributed by atoms with Gasteiger partial charge in [0.05, 0.1) is 18.8 Å². The molecule has 1 amide bonds. The van der Waals surface area contributed by atoms with Gasteiger partial charge in [0.1, 0.15) is 0 Å². The highest BCUT2D eigenvalue weighted by atomic mass is 19.4. The van der Waals surface area contributed by atoms with Crippen LogP contribution in [0, 0.1) is 11.8 Å². The number of aromatic nitrogens is 2. The molecule has 3 fully saturated rings. The molecular formula is C17H21F3N4O2. The van der Waals surface area contributed by atoms with Crippen molar-refractivity contribution in [1.29, 1.82) is 0 Å². The molecule has 2 saturated carbocycles. The molecule has 9 heteroatoms. The molecule has 1 aliphatic heterocycles. The molecule has 1 N–H and O–H groups in total. The Morgan fingerprint density at radius 1 is 1.23 bits per heavy atom. The summed E-state index contributed by atoms with van der Waals surface area (Å²) in [7, 11) is 0. The van der Waals surface area contributed by atoms with Crippen LogP contribution in [0.5, 0.6) is 0 Å². The summed E-state index contributed by atoms with van der Waals surface area (Å²) in [6, 6.07) is 0.121. The number of fused-ring (bicyclic) bond motifs is 2. The van der Waals surface area contributed by atoms with Crippen LogP contribution < -0.4 is 5.32 Å². The maximum Gasteiger partial charge on any atom is 0.434 e. The van der Waals surface area contributed by atoms with Gasteiger partial charge in [0.15, 0.2) is 5.69 Å². The summed E-state index contributed by atoms with van der Waals surface area (Å²) in [6.07, 6.45) is 0.655. The Labute approximate surface area is 149 Å². The summed E-state index contributed by atoms with van der Waals surface area (Å²) in [5, 5.41) is 3.06. The molecule has 0 radical (unpaired) electrons. The van der Waals surface area contributed by atoms with E-state index < -0.39 is 23.3 Å². The summed E-state index contributed by atoms with van der Waals surface area (Å²) < 4.78 is 45.7. The Morgan fingerprint density at radius 2 is 2.00 bits per heavy atom. The van der Waals surface area contributed by atoms with E-state index in [1.807, 2.05) is 0 Å². The first-order valence-electron chi connectivity index (χ1n) is 8.99. The number of carbonyl (C=O) groups is 1. The van der Waals surface area contributed by atoms with Gasteiger partial charge in [-0.05, 0) is 31.1 Å². The number of morpholine rings is 1. The fourth-order valence-electron chi connectivity index (χ4n) is 4.35. The minimum Gasteiger partial charge on any atom is -0.378 e. The van der Waals surface area contributed by atoms with Crippen LogP contribution in [-0.2, 0) is 10.9 Å². The summed E-state index contributed by atoms with van der Waals surface area (Å²) in [4.78, 5) is 21.5. The molecule has 6 nitrogen and oxygen atoms in total. The number of halogens is 3. The van der Waals surface area contributed by atoms with Gasteiger partial charge in [0, 0.05) is 25.3 Å². The predicted octanol–water partition coefficient (Wildman–Crippen LogP) is 2.57. The molecule has 0 spiro atoms. The zero-order chi connectivity index (χ0) is 18.3. The van der Waals surface area contributed by atoms with Crippen molar-refractivity contribution < 1.29 is 22.7 Å². The number of anilines is 1. The zero-order valence-electron chi connectivity index (χ0n) is 14.3. The normalized spacial score (nSPS) is 28.4. The van der Waals surface area contributed by atoms with Crippen LogP contribution in [-0.4, -0.2) is 53.1 Å². The maximum atomic E-state index is 13.5. The van der Waals surface area contributed by atoms with Crippen molar-refractivity contribution in [2.75, 3.05) is 31.6 Å². The van der Waals surface area contributed by atoms with E-state index in [2.05, 4.69) is 15.3 Å². The Kier molecular flexibility index (Phi) is 4.50. The van der Waals surface area contributed by atoms with E-state index in [0.29, 0.717) is 25.0 Å². The number of carbonyl (C=O) groups excluding carboxylic acids is 1. The van der Waals surface area contributed by atoms with Crippen LogP contribution in [0.25, 0.3) is 0 Å². The smallest absolute Gasteiger partial charge is 0.378 e. The van der Waals surface area contributed by atoms with Gasteiger partial charge >= 0.3 is 6.18 Å². The van der Waals surface area contributed by atoms with Gasteiger partial charge in [-0.1, -0.05) is 6.42 Å². The molecule has 0 aromatic carbocycles. The first kappa shape index (κ1) is 17.5. The van der Waals surface area contributed by atoms with E-state index in [9.17, 15) is 18.0 Å². The Balaban J connectivity index is 1.57. The monoisotopic (exact) mass is 370 g/mol. The summed E-state index contributed by atoms with van der Waals surface area (Å²) >= 11 is 0. The van der Waals surface area contributed by atoms with E-state index in [-0.39, 0.29) is 25.1 Å². The van der Waals surface area contributed by atoms with Crippen LogP contribution >= 0.6 is 0 Å². The van der Waals surface area contributed by atoms with Crippen LogP contribution in [0.15, 0.2) is 6.20 Å². The Morgan fingerprint density at radius 3 is 2.62 bits per heavy atom. The van der Waals surface area contributed by atoms with Gasteiger partial charge in [-0.15, -0.1) is 0 Å². The summed E-state index contributed by atoms with van der Waals surface area (Å²) in [5.41, 5.74) is -1.67. The third-order valence-corrected chi connectivity index (χ3v) is 5.64. The first-order valence-corrected chi connectivity index (χ1v) is 8.99. The minimum atomic E-state index is -4.72. The lowest BCUT2D eigenvalue weighted by atomic mass is 9.95. The second kappa shape index (κ2) is 6.68. The van der Waals surface area contributed by atoms with E-state index in [4.69, 9.17) is 4.74 Å². The number of nitrogens with one attached hydrogen (secondary N) is 1. The fraction of sp³-hybridized carbons (Fsp3) is 0.706.